The number of fused-ring (bicyclic) bond motifs is 6. The number of aryl methyl sites for hydroxylation is 2. The summed E-state index contributed by atoms with van der Waals surface area (Å²) in [5.41, 5.74) is 23.5. The predicted octanol–water partition coefficient (Wildman–Crippen LogP) is 33.6. The molecule has 0 aliphatic heterocycles. The van der Waals surface area contributed by atoms with E-state index in [-0.39, 0.29) is 11.1 Å². The Morgan fingerprint density at radius 3 is 0.626 bits per heavy atom. The second-order valence-electron chi connectivity index (χ2n) is 30.8. The third kappa shape index (κ3) is 15.4. The van der Waals surface area contributed by atoms with E-state index in [2.05, 4.69) is 344 Å². The van der Waals surface area contributed by atoms with Gasteiger partial charge in [-0.15, -0.1) is 0 Å². The topological polar surface area (TPSA) is 9.72 Å². The van der Waals surface area contributed by atoms with Crippen molar-refractivity contribution in [3.8, 4) is 66.8 Å². The van der Waals surface area contributed by atoms with Gasteiger partial charge in [0.1, 0.15) is 23.3 Å². The maximum atomic E-state index is 15.6. The SMILES string of the molecule is Cc1ccc(-c2c3ccccc3c(-c3ccc(C)cc3)c3cc(N(c4ccccc4)c4ccccc4)ccc23)cc1.Fc1ccc(-c2c3ccccc3c(-c3ccc(F)cc3F)c3cc(N(c4ccccc4)c4ccccc4)ccc23)c(F)c1.c1ccc(-c2c3ccccc3c(-c3ccccc3)c3cc(N(c4ccccc4)c4ccccc4)ccc23)cc1. The summed E-state index contributed by atoms with van der Waals surface area (Å²) in [6.07, 6.45) is 0. The molecule has 0 unspecified atom stereocenters. The minimum absolute atomic E-state index is 0.219. The Labute approximate surface area is 713 Å². The van der Waals surface area contributed by atoms with Crippen LogP contribution in [0.4, 0.5) is 68.7 Å². The van der Waals surface area contributed by atoms with Gasteiger partial charge >= 0.3 is 0 Å². The highest BCUT2D eigenvalue weighted by molar-refractivity contribution is 6.25. The zero-order valence-corrected chi connectivity index (χ0v) is 67.7. The van der Waals surface area contributed by atoms with Gasteiger partial charge in [0, 0.05) is 85.6 Å². The van der Waals surface area contributed by atoms with E-state index in [9.17, 15) is 8.78 Å². The minimum Gasteiger partial charge on any atom is -0.310 e. The third-order valence-electron chi connectivity index (χ3n) is 23.1. The number of rotatable bonds is 15. The van der Waals surface area contributed by atoms with Gasteiger partial charge in [0.25, 0.3) is 0 Å². The molecule has 21 rings (SSSR count). The quantitative estimate of drug-likeness (QED) is 0.0748. The highest BCUT2D eigenvalue weighted by Crippen LogP contribution is 2.52. The Kier molecular flexibility index (Phi) is 21.6. The van der Waals surface area contributed by atoms with Gasteiger partial charge in [0.15, 0.2) is 0 Å². The third-order valence-corrected chi connectivity index (χ3v) is 23.1. The van der Waals surface area contributed by atoms with Gasteiger partial charge < -0.3 is 14.7 Å². The Morgan fingerprint density at radius 1 is 0.154 bits per heavy atom. The zero-order valence-electron chi connectivity index (χ0n) is 67.7. The van der Waals surface area contributed by atoms with Crippen LogP contribution in [0, 0.1) is 37.1 Å². The van der Waals surface area contributed by atoms with Gasteiger partial charge in [-0.05, 0) is 256 Å². The van der Waals surface area contributed by atoms with E-state index in [0.717, 1.165) is 63.3 Å². The Hall–Kier alpha value is -15.7. The molecular weight excluding hydrogens is 1510 g/mol. The number of para-hydroxylation sites is 6. The normalized spacial score (nSPS) is 11.2. The van der Waals surface area contributed by atoms with Crippen molar-refractivity contribution >= 4 is 116 Å². The molecule has 0 aliphatic rings. The fourth-order valence-electron chi connectivity index (χ4n) is 17.6. The molecule has 0 N–H and O–H groups in total. The van der Waals surface area contributed by atoms with Crippen LogP contribution in [0.5, 0.6) is 0 Å². The lowest BCUT2D eigenvalue weighted by atomic mass is 9.85. The number of nitrogens with zero attached hydrogens (tertiary/aromatic N) is 3. The molecule has 123 heavy (non-hydrogen) atoms. The van der Waals surface area contributed by atoms with Crippen molar-refractivity contribution in [1.29, 1.82) is 0 Å². The smallest absolute Gasteiger partial charge is 0.133 e. The second-order valence-corrected chi connectivity index (χ2v) is 30.8. The van der Waals surface area contributed by atoms with Crippen LogP contribution in [0.25, 0.3) is 131 Å². The lowest BCUT2D eigenvalue weighted by molar-refractivity contribution is 0.585. The molecule has 0 fully saturated rings. The summed E-state index contributed by atoms with van der Waals surface area (Å²) in [5.74, 6) is -2.77. The maximum Gasteiger partial charge on any atom is 0.133 e. The van der Waals surface area contributed by atoms with Crippen LogP contribution in [-0.4, -0.2) is 0 Å². The Bertz CT molecular complexity index is 7270. The Morgan fingerprint density at radius 2 is 0.358 bits per heavy atom. The van der Waals surface area contributed by atoms with Crippen LogP contribution < -0.4 is 14.7 Å². The first-order valence-corrected chi connectivity index (χ1v) is 41.4. The van der Waals surface area contributed by atoms with Crippen LogP contribution in [0.1, 0.15) is 11.1 Å². The first-order valence-electron chi connectivity index (χ1n) is 41.4. The number of benzene rings is 21. The molecule has 0 amide bonds. The first-order chi connectivity index (χ1) is 60.5. The van der Waals surface area contributed by atoms with Crippen molar-refractivity contribution in [2.24, 2.45) is 0 Å². The van der Waals surface area contributed by atoms with E-state index < -0.39 is 23.3 Å². The molecule has 21 aromatic carbocycles. The van der Waals surface area contributed by atoms with E-state index in [1.807, 2.05) is 103 Å². The predicted molar refractivity (Wildman–Crippen MR) is 510 cm³/mol. The van der Waals surface area contributed by atoms with Crippen LogP contribution in [0.3, 0.4) is 0 Å². The van der Waals surface area contributed by atoms with E-state index in [4.69, 9.17) is 0 Å². The highest BCUT2D eigenvalue weighted by atomic mass is 19.1. The number of hydrogen-bond donors (Lipinski definition) is 0. The maximum absolute atomic E-state index is 15.6. The summed E-state index contributed by atoms with van der Waals surface area (Å²) in [4.78, 5) is 6.77. The minimum atomic E-state index is -0.708. The molecule has 0 saturated carbocycles. The van der Waals surface area contributed by atoms with Crippen LogP contribution in [0.15, 0.2) is 455 Å². The molecule has 588 valence electrons. The Balaban J connectivity index is 0.000000121. The summed E-state index contributed by atoms with van der Waals surface area (Å²) in [5, 5.41) is 12.7. The van der Waals surface area contributed by atoms with Gasteiger partial charge in [-0.1, -0.05) is 321 Å². The van der Waals surface area contributed by atoms with Crippen molar-refractivity contribution in [3.63, 3.8) is 0 Å². The summed E-state index contributed by atoms with van der Waals surface area (Å²) in [6, 6.07) is 153. The largest absolute Gasteiger partial charge is 0.310 e. The molecule has 0 aromatic heterocycles. The summed E-state index contributed by atoms with van der Waals surface area (Å²) in [7, 11) is 0. The van der Waals surface area contributed by atoms with Gasteiger partial charge in [-0.2, -0.15) is 0 Å². The summed E-state index contributed by atoms with van der Waals surface area (Å²) >= 11 is 0. The fraction of sp³-hybridized carbons (Fsp3) is 0.0172. The van der Waals surface area contributed by atoms with Crippen LogP contribution in [-0.2, 0) is 0 Å². The van der Waals surface area contributed by atoms with Crippen molar-refractivity contribution in [2.75, 3.05) is 14.7 Å². The molecule has 7 heteroatoms. The fourth-order valence-corrected chi connectivity index (χ4v) is 17.6. The van der Waals surface area contributed by atoms with Crippen molar-refractivity contribution < 1.29 is 17.6 Å². The molecule has 21 aromatic rings. The van der Waals surface area contributed by atoms with Crippen molar-refractivity contribution in [2.45, 2.75) is 13.8 Å². The average molecular weight is 1590 g/mol. The van der Waals surface area contributed by atoms with Gasteiger partial charge in [0.05, 0.1) is 0 Å². The average Bonchev–Trinajstić information content (AvgIpc) is 0.704. The second kappa shape index (κ2) is 34.3. The molecular formula is C116H81F4N3. The monoisotopic (exact) mass is 1590 g/mol. The molecule has 0 atom stereocenters. The zero-order chi connectivity index (χ0) is 83.3. The summed E-state index contributed by atoms with van der Waals surface area (Å²) < 4.78 is 59.1. The lowest BCUT2D eigenvalue weighted by Gasteiger charge is -2.27. The first kappa shape index (κ1) is 77.2. The van der Waals surface area contributed by atoms with Gasteiger partial charge in [0.2, 0.25) is 0 Å². The van der Waals surface area contributed by atoms with Crippen LogP contribution >= 0.6 is 0 Å². The van der Waals surface area contributed by atoms with Crippen molar-refractivity contribution in [3.05, 3.63) is 489 Å². The van der Waals surface area contributed by atoms with Crippen molar-refractivity contribution in [1.82, 2.24) is 0 Å². The molecule has 0 heterocycles. The van der Waals surface area contributed by atoms with Crippen LogP contribution in [0.2, 0.25) is 0 Å². The lowest BCUT2D eigenvalue weighted by Crippen LogP contribution is -2.09. The number of anilines is 9. The molecule has 0 aliphatic carbocycles. The van der Waals surface area contributed by atoms with E-state index in [1.54, 1.807) is 0 Å². The highest BCUT2D eigenvalue weighted by Gasteiger charge is 2.26. The molecule has 0 saturated heterocycles. The van der Waals surface area contributed by atoms with E-state index in [0.29, 0.717) is 32.7 Å². The molecule has 0 spiro atoms. The number of halogens is 4. The summed E-state index contributed by atoms with van der Waals surface area (Å²) in [6.45, 7) is 4.30. The van der Waals surface area contributed by atoms with E-state index in [1.165, 1.54) is 123 Å². The standard InChI is InChI=1S/C40H31N.C38H23F4N.C38H27N/c1-28-17-21-30(22-18-28)39-35-15-9-10-16-36(35)40(31-23-19-29(2)20-24-31)38-27-34(25-26-37(38)39)41(32-11-5-3-6-12-32)33-13-7-4-8-14-33;39-24-15-18-32(35(41)21-24)37-29-13-7-8-14-30(29)38(33-19-16-25(40)22-36(33)42)34-23-28(17-20-31(34)37)43(26-9-3-1-4-10-26)27-11-5-2-6-12-27;1-5-15-28(16-6-1)37-33-23-13-14-24-34(33)38(29-17-7-2-8-18-29)36-27-32(25-26-35(36)37)39(30-19-9-3-10-20-30)31-21-11-4-12-22-31/h3-27H,1-2H3;1-23H;1-27H. The van der Waals surface area contributed by atoms with Gasteiger partial charge in [-0.25, -0.2) is 17.6 Å². The number of hydrogen-bond acceptors (Lipinski definition) is 3. The van der Waals surface area contributed by atoms with E-state index >= 15 is 8.78 Å². The van der Waals surface area contributed by atoms with Gasteiger partial charge in [-0.3, -0.25) is 0 Å². The molecule has 3 nitrogen and oxygen atoms in total. The molecule has 0 bridgehead atoms. The molecule has 0 radical (unpaired) electrons.